The Balaban J connectivity index is 2.14. The zero-order chi connectivity index (χ0) is 13.0. The Morgan fingerprint density at radius 2 is 1.94 bits per heavy atom. The molecule has 0 aliphatic carbocycles. The average Bonchev–Trinajstić information content (AvgIpc) is 2.81. The Morgan fingerprint density at radius 3 is 2.56 bits per heavy atom. The maximum absolute atomic E-state index is 8.92. The minimum absolute atomic E-state index is 0.362. The lowest BCUT2D eigenvalue weighted by Gasteiger charge is -2.05. The molecule has 2 aromatic rings. The van der Waals surface area contributed by atoms with Crippen molar-refractivity contribution in [3.63, 3.8) is 0 Å². The molecule has 18 heavy (non-hydrogen) atoms. The highest BCUT2D eigenvalue weighted by Crippen LogP contribution is 2.20. The topological polar surface area (TPSA) is 72.8 Å². The first kappa shape index (κ1) is 12.2. The van der Waals surface area contributed by atoms with E-state index in [1.54, 1.807) is 24.5 Å². The first-order valence-electron chi connectivity index (χ1n) is 5.14. The molecule has 2 rings (SSSR count). The van der Waals surface area contributed by atoms with Crippen molar-refractivity contribution in [3.05, 3.63) is 51.9 Å². The molecular formula is C13H8BrN3O. The van der Waals surface area contributed by atoms with Crippen molar-refractivity contribution in [2.24, 2.45) is 0 Å². The van der Waals surface area contributed by atoms with Gasteiger partial charge in [-0.25, -0.2) is 0 Å². The van der Waals surface area contributed by atoms with E-state index in [1.807, 2.05) is 18.2 Å². The largest absolute Gasteiger partial charge is 0.466 e. The molecule has 0 fully saturated rings. The smallest absolute Gasteiger partial charge is 0.136 e. The fourth-order valence-corrected chi connectivity index (χ4v) is 1.82. The van der Waals surface area contributed by atoms with Crippen LogP contribution in [-0.4, -0.2) is 0 Å². The number of hydrogen-bond acceptors (Lipinski definition) is 4. The molecule has 88 valence electrons. The van der Waals surface area contributed by atoms with E-state index < -0.39 is 0 Å². The standard InChI is InChI=1S/C13H8BrN3O/c14-12-3-4-18-13(12)8-17-11-2-1-9(6-15)10(5-11)7-16/h1-5,17H,8H2. The third kappa shape index (κ3) is 2.53. The van der Waals surface area contributed by atoms with Crippen LogP contribution in [0.1, 0.15) is 16.9 Å². The fraction of sp³-hybridized carbons (Fsp3) is 0.0769. The van der Waals surface area contributed by atoms with Gasteiger partial charge in [0.05, 0.1) is 28.4 Å². The summed E-state index contributed by atoms with van der Waals surface area (Å²) in [7, 11) is 0. The summed E-state index contributed by atoms with van der Waals surface area (Å²) in [5, 5.41) is 20.9. The van der Waals surface area contributed by atoms with Crippen molar-refractivity contribution in [1.29, 1.82) is 10.5 Å². The van der Waals surface area contributed by atoms with Crippen molar-refractivity contribution >= 4 is 21.6 Å². The van der Waals surface area contributed by atoms with Gasteiger partial charge in [-0.3, -0.25) is 0 Å². The molecule has 1 N–H and O–H groups in total. The first-order chi connectivity index (χ1) is 8.74. The van der Waals surface area contributed by atoms with Gasteiger partial charge in [-0.1, -0.05) is 0 Å². The van der Waals surface area contributed by atoms with Gasteiger partial charge in [-0.2, -0.15) is 10.5 Å². The van der Waals surface area contributed by atoms with Crippen LogP contribution in [0.2, 0.25) is 0 Å². The van der Waals surface area contributed by atoms with Crippen LogP contribution in [0.15, 0.2) is 39.4 Å². The second kappa shape index (κ2) is 5.39. The van der Waals surface area contributed by atoms with Crippen LogP contribution in [0.5, 0.6) is 0 Å². The number of nitrogens with zero attached hydrogens (tertiary/aromatic N) is 2. The number of anilines is 1. The molecule has 1 aromatic heterocycles. The summed E-state index contributed by atoms with van der Waals surface area (Å²) in [6.07, 6.45) is 1.60. The molecule has 0 aliphatic heterocycles. The van der Waals surface area contributed by atoms with Gasteiger partial charge in [0.25, 0.3) is 0 Å². The van der Waals surface area contributed by atoms with Crippen molar-refractivity contribution in [1.82, 2.24) is 0 Å². The molecule has 0 saturated carbocycles. The van der Waals surface area contributed by atoms with E-state index >= 15 is 0 Å². The van der Waals surface area contributed by atoms with Gasteiger partial charge in [0.2, 0.25) is 0 Å². The maximum atomic E-state index is 8.92. The first-order valence-corrected chi connectivity index (χ1v) is 5.94. The Kier molecular flexibility index (Phi) is 3.66. The van der Waals surface area contributed by atoms with E-state index in [1.165, 1.54) is 0 Å². The number of nitrogens with one attached hydrogen (secondary N) is 1. The summed E-state index contributed by atoms with van der Waals surface area (Å²) in [4.78, 5) is 0. The molecule has 0 atom stereocenters. The Bertz CT molecular complexity index is 649. The zero-order valence-corrected chi connectivity index (χ0v) is 10.9. The Labute approximate surface area is 113 Å². The summed E-state index contributed by atoms with van der Waals surface area (Å²) in [6.45, 7) is 0.504. The lowest BCUT2D eigenvalue weighted by atomic mass is 10.1. The van der Waals surface area contributed by atoms with Gasteiger partial charge in [0.15, 0.2) is 0 Å². The molecule has 4 nitrogen and oxygen atoms in total. The predicted octanol–water partition coefficient (Wildman–Crippen LogP) is 3.40. The molecule has 1 heterocycles. The average molecular weight is 302 g/mol. The van der Waals surface area contributed by atoms with Crippen LogP contribution >= 0.6 is 15.9 Å². The van der Waals surface area contributed by atoms with Crippen LogP contribution in [0.4, 0.5) is 5.69 Å². The minimum Gasteiger partial charge on any atom is -0.466 e. The molecule has 0 bridgehead atoms. The van der Waals surface area contributed by atoms with Crippen molar-refractivity contribution in [3.8, 4) is 12.1 Å². The lowest BCUT2D eigenvalue weighted by Crippen LogP contribution is -1.99. The van der Waals surface area contributed by atoms with E-state index in [9.17, 15) is 0 Å². The number of nitriles is 2. The quantitative estimate of drug-likeness (QED) is 0.943. The van der Waals surface area contributed by atoms with Crippen LogP contribution in [0, 0.1) is 22.7 Å². The van der Waals surface area contributed by atoms with Gasteiger partial charge < -0.3 is 9.73 Å². The molecular weight excluding hydrogens is 294 g/mol. The van der Waals surface area contributed by atoms with Gasteiger partial charge >= 0.3 is 0 Å². The number of halogens is 1. The molecule has 0 unspecified atom stereocenters. The number of hydrogen-bond donors (Lipinski definition) is 1. The van der Waals surface area contributed by atoms with Gasteiger partial charge in [-0.15, -0.1) is 0 Å². The van der Waals surface area contributed by atoms with Crippen LogP contribution in [0.25, 0.3) is 0 Å². The highest BCUT2D eigenvalue weighted by Gasteiger charge is 2.05. The summed E-state index contributed by atoms with van der Waals surface area (Å²) in [5.41, 5.74) is 1.51. The molecule has 0 amide bonds. The van der Waals surface area contributed by atoms with Crippen LogP contribution < -0.4 is 5.32 Å². The summed E-state index contributed by atoms with van der Waals surface area (Å²) in [6, 6.07) is 10.8. The molecule has 0 aliphatic rings. The molecule has 0 saturated heterocycles. The monoisotopic (exact) mass is 301 g/mol. The SMILES string of the molecule is N#Cc1ccc(NCc2occc2Br)cc1C#N. The van der Waals surface area contributed by atoms with Crippen LogP contribution in [-0.2, 0) is 6.54 Å². The molecule has 0 radical (unpaired) electrons. The van der Waals surface area contributed by atoms with Gasteiger partial charge in [0.1, 0.15) is 17.9 Å². The highest BCUT2D eigenvalue weighted by atomic mass is 79.9. The van der Waals surface area contributed by atoms with E-state index in [0.717, 1.165) is 15.9 Å². The van der Waals surface area contributed by atoms with Crippen LogP contribution in [0.3, 0.4) is 0 Å². The molecule has 1 aromatic carbocycles. The summed E-state index contributed by atoms with van der Waals surface area (Å²) < 4.78 is 6.15. The van der Waals surface area contributed by atoms with E-state index in [-0.39, 0.29) is 0 Å². The third-order valence-electron chi connectivity index (χ3n) is 2.40. The van der Waals surface area contributed by atoms with E-state index in [2.05, 4.69) is 21.2 Å². The fourth-order valence-electron chi connectivity index (χ4n) is 1.48. The van der Waals surface area contributed by atoms with Gasteiger partial charge in [-0.05, 0) is 40.2 Å². The second-order valence-corrected chi connectivity index (χ2v) is 4.38. The van der Waals surface area contributed by atoms with E-state index in [0.29, 0.717) is 17.7 Å². The maximum Gasteiger partial charge on any atom is 0.136 e. The van der Waals surface area contributed by atoms with Crippen molar-refractivity contribution < 1.29 is 4.42 Å². The van der Waals surface area contributed by atoms with Crippen molar-refractivity contribution in [2.45, 2.75) is 6.54 Å². The molecule has 5 heteroatoms. The predicted molar refractivity (Wildman–Crippen MR) is 69.6 cm³/mol. The zero-order valence-electron chi connectivity index (χ0n) is 9.27. The third-order valence-corrected chi connectivity index (χ3v) is 3.11. The minimum atomic E-state index is 0.362. The Morgan fingerprint density at radius 1 is 1.17 bits per heavy atom. The molecule has 0 spiro atoms. The van der Waals surface area contributed by atoms with E-state index in [4.69, 9.17) is 14.9 Å². The normalized spacial score (nSPS) is 9.50. The summed E-state index contributed by atoms with van der Waals surface area (Å²) >= 11 is 3.36. The number of rotatable bonds is 3. The Hall–Kier alpha value is -2.24. The summed E-state index contributed by atoms with van der Waals surface area (Å²) in [5.74, 6) is 0.776. The van der Waals surface area contributed by atoms with Gasteiger partial charge in [0, 0.05) is 5.69 Å². The highest BCUT2D eigenvalue weighted by molar-refractivity contribution is 9.10. The lowest BCUT2D eigenvalue weighted by molar-refractivity contribution is 0.516. The second-order valence-electron chi connectivity index (χ2n) is 3.53. The number of furan rings is 1. The number of benzene rings is 1. The van der Waals surface area contributed by atoms with Crippen molar-refractivity contribution in [2.75, 3.05) is 5.32 Å².